The van der Waals surface area contributed by atoms with Crippen molar-refractivity contribution in [2.24, 2.45) is 0 Å². The van der Waals surface area contributed by atoms with Crippen LogP contribution in [0.3, 0.4) is 0 Å². The molecule has 2 aromatic carbocycles. The highest BCUT2D eigenvalue weighted by molar-refractivity contribution is 7.16. The molecule has 4 rings (SSSR count). The molecule has 1 N–H and O–H groups in total. The van der Waals surface area contributed by atoms with E-state index in [-0.39, 0.29) is 5.91 Å². The van der Waals surface area contributed by atoms with Gasteiger partial charge in [0.05, 0.1) is 5.56 Å². The normalized spacial score (nSPS) is 12.8. The number of carbonyl (C=O) groups excluding carboxylic acids is 1. The Kier molecular flexibility index (Phi) is 3.36. The Hall–Kier alpha value is -2.64. The summed E-state index contributed by atoms with van der Waals surface area (Å²) in [6.45, 7) is 0. The molecule has 0 bridgehead atoms. The molecule has 0 spiro atoms. The van der Waals surface area contributed by atoms with Crippen LogP contribution in [0.1, 0.15) is 32.8 Å². The summed E-state index contributed by atoms with van der Waals surface area (Å²) in [5, 5.41) is 15.0. The molecular weight excluding hydrogens is 304 g/mol. The van der Waals surface area contributed by atoms with Crippen LogP contribution in [0.4, 0.5) is 5.00 Å². The monoisotopic (exact) mass is 318 g/mol. The maximum atomic E-state index is 12.7. The van der Waals surface area contributed by atoms with E-state index in [4.69, 9.17) is 0 Å². The molecule has 1 aliphatic carbocycles. The number of nitrogens with one attached hydrogen (secondary N) is 1. The van der Waals surface area contributed by atoms with Gasteiger partial charge in [-0.1, -0.05) is 36.4 Å². The summed E-state index contributed by atoms with van der Waals surface area (Å²) in [7, 11) is 0. The van der Waals surface area contributed by atoms with E-state index >= 15 is 0 Å². The summed E-state index contributed by atoms with van der Waals surface area (Å²) in [5.74, 6) is -0.154. The van der Waals surface area contributed by atoms with Gasteiger partial charge in [-0.25, -0.2) is 0 Å². The number of hydrogen-bond acceptors (Lipinski definition) is 3. The van der Waals surface area contributed by atoms with E-state index in [0.717, 1.165) is 35.6 Å². The number of carbonyl (C=O) groups is 1. The van der Waals surface area contributed by atoms with E-state index in [1.54, 1.807) is 11.3 Å². The maximum Gasteiger partial charge on any atom is 0.256 e. The van der Waals surface area contributed by atoms with Gasteiger partial charge in [0.2, 0.25) is 0 Å². The first-order chi connectivity index (χ1) is 11.3. The highest BCUT2D eigenvalue weighted by atomic mass is 32.1. The molecule has 0 radical (unpaired) electrons. The minimum absolute atomic E-state index is 0.154. The molecule has 23 heavy (non-hydrogen) atoms. The van der Waals surface area contributed by atoms with E-state index in [0.29, 0.717) is 16.1 Å². The topological polar surface area (TPSA) is 52.9 Å². The van der Waals surface area contributed by atoms with Gasteiger partial charge in [-0.05, 0) is 41.7 Å². The second-order valence-electron chi connectivity index (χ2n) is 5.65. The van der Waals surface area contributed by atoms with Crippen LogP contribution in [0.15, 0.2) is 42.5 Å². The zero-order valence-electron chi connectivity index (χ0n) is 12.4. The Morgan fingerprint density at radius 2 is 1.96 bits per heavy atom. The zero-order valence-corrected chi connectivity index (χ0v) is 13.2. The van der Waals surface area contributed by atoms with Crippen molar-refractivity contribution in [2.45, 2.75) is 19.3 Å². The number of nitriles is 1. The Morgan fingerprint density at radius 1 is 1.13 bits per heavy atom. The highest BCUT2D eigenvalue weighted by Gasteiger charge is 2.23. The third-order valence-corrected chi connectivity index (χ3v) is 5.50. The molecule has 3 nitrogen and oxygen atoms in total. The van der Waals surface area contributed by atoms with Gasteiger partial charge in [-0.2, -0.15) is 5.26 Å². The first kappa shape index (κ1) is 14.0. The molecule has 0 atom stereocenters. The van der Waals surface area contributed by atoms with Crippen LogP contribution in [0.5, 0.6) is 0 Å². The van der Waals surface area contributed by atoms with E-state index in [2.05, 4.69) is 11.4 Å². The van der Waals surface area contributed by atoms with Crippen LogP contribution in [-0.4, -0.2) is 5.91 Å². The van der Waals surface area contributed by atoms with Crippen molar-refractivity contribution in [1.29, 1.82) is 5.26 Å². The molecular formula is C19H14N2OS. The number of fused-ring (bicyclic) bond motifs is 2. The average Bonchev–Trinajstić information content (AvgIpc) is 3.14. The quantitative estimate of drug-likeness (QED) is 0.755. The lowest BCUT2D eigenvalue weighted by Crippen LogP contribution is -2.12. The molecule has 1 amide bonds. The van der Waals surface area contributed by atoms with Crippen LogP contribution >= 0.6 is 11.3 Å². The van der Waals surface area contributed by atoms with Gasteiger partial charge in [-0.3, -0.25) is 4.79 Å². The van der Waals surface area contributed by atoms with Crippen molar-refractivity contribution in [3.05, 3.63) is 64.0 Å². The third kappa shape index (κ3) is 2.30. The Labute approximate surface area is 138 Å². The van der Waals surface area contributed by atoms with Gasteiger partial charge in [0, 0.05) is 10.4 Å². The fraction of sp³-hybridized carbons (Fsp3) is 0.158. The van der Waals surface area contributed by atoms with Crippen molar-refractivity contribution < 1.29 is 4.79 Å². The molecule has 112 valence electrons. The summed E-state index contributed by atoms with van der Waals surface area (Å²) in [6, 6.07) is 15.8. The van der Waals surface area contributed by atoms with Gasteiger partial charge in [0.15, 0.2) is 0 Å². The molecule has 3 aromatic rings. The number of benzene rings is 2. The highest BCUT2D eigenvalue weighted by Crippen LogP contribution is 2.38. The Balaban J connectivity index is 1.72. The molecule has 0 saturated carbocycles. The molecule has 0 fully saturated rings. The van der Waals surface area contributed by atoms with Crippen LogP contribution in [0, 0.1) is 11.3 Å². The molecule has 1 aliphatic rings. The second-order valence-corrected chi connectivity index (χ2v) is 6.76. The largest absolute Gasteiger partial charge is 0.312 e. The predicted octanol–water partition coefficient (Wildman–Crippen LogP) is 4.51. The van der Waals surface area contributed by atoms with Gasteiger partial charge < -0.3 is 5.32 Å². The fourth-order valence-electron chi connectivity index (χ4n) is 3.20. The molecule has 4 heteroatoms. The van der Waals surface area contributed by atoms with Crippen molar-refractivity contribution in [3.63, 3.8) is 0 Å². The fourth-order valence-corrected chi connectivity index (χ4v) is 4.44. The maximum absolute atomic E-state index is 12.7. The number of hydrogen-bond donors (Lipinski definition) is 1. The molecule has 0 aliphatic heterocycles. The summed E-state index contributed by atoms with van der Waals surface area (Å²) < 4.78 is 0. The number of amides is 1. The minimum Gasteiger partial charge on any atom is -0.312 e. The zero-order chi connectivity index (χ0) is 15.8. The number of anilines is 1. The van der Waals surface area contributed by atoms with Crippen LogP contribution < -0.4 is 5.32 Å². The number of nitrogens with zero attached hydrogens (tertiary/aromatic N) is 1. The first-order valence-corrected chi connectivity index (χ1v) is 8.43. The average molecular weight is 318 g/mol. The summed E-state index contributed by atoms with van der Waals surface area (Å²) >= 11 is 1.55. The Morgan fingerprint density at radius 3 is 2.83 bits per heavy atom. The van der Waals surface area contributed by atoms with E-state index in [1.165, 1.54) is 4.88 Å². The summed E-state index contributed by atoms with van der Waals surface area (Å²) in [6.07, 6.45) is 3.06. The second kappa shape index (κ2) is 5.53. The van der Waals surface area contributed by atoms with Gasteiger partial charge >= 0.3 is 0 Å². The van der Waals surface area contributed by atoms with Crippen molar-refractivity contribution in [1.82, 2.24) is 0 Å². The summed E-state index contributed by atoms with van der Waals surface area (Å²) in [4.78, 5) is 14.0. The van der Waals surface area contributed by atoms with Crippen LogP contribution in [-0.2, 0) is 12.8 Å². The predicted molar refractivity (Wildman–Crippen MR) is 93.0 cm³/mol. The van der Waals surface area contributed by atoms with Crippen molar-refractivity contribution in [3.8, 4) is 6.07 Å². The van der Waals surface area contributed by atoms with Crippen LogP contribution in [0.2, 0.25) is 0 Å². The van der Waals surface area contributed by atoms with E-state index < -0.39 is 0 Å². The van der Waals surface area contributed by atoms with Crippen molar-refractivity contribution >= 4 is 33.0 Å². The summed E-state index contributed by atoms with van der Waals surface area (Å²) in [5.41, 5.74) is 2.42. The van der Waals surface area contributed by atoms with E-state index in [1.807, 2.05) is 42.5 Å². The minimum atomic E-state index is -0.154. The molecule has 0 unspecified atom stereocenters. The number of aryl methyl sites for hydroxylation is 1. The molecule has 1 aromatic heterocycles. The number of rotatable bonds is 2. The van der Waals surface area contributed by atoms with Gasteiger partial charge in [0.1, 0.15) is 11.1 Å². The lowest BCUT2D eigenvalue weighted by Gasteiger charge is -2.07. The van der Waals surface area contributed by atoms with Gasteiger partial charge in [-0.15, -0.1) is 11.3 Å². The number of thiophene rings is 1. The lowest BCUT2D eigenvalue weighted by atomic mass is 10.0. The van der Waals surface area contributed by atoms with E-state index in [9.17, 15) is 10.1 Å². The van der Waals surface area contributed by atoms with Crippen LogP contribution in [0.25, 0.3) is 10.8 Å². The lowest BCUT2D eigenvalue weighted by molar-refractivity contribution is 0.102. The smallest absolute Gasteiger partial charge is 0.256 e. The SMILES string of the molecule is N#Cc1c(NC(=O)c2cccc3ccccc23)sc2c1CCC2. The first-order valence-electron chi connectivity index (χ1n) is 7.61. The standard InChI is InChI=1S/C19H14N2OS/c20-11-16-14-8-4-10-17(14)23-19(16)21-18(22)15-9-3-6-12-5-1-2-7-13(12)15/h1-3,5-7,9H,4,8,10H2,(H,21,22). The van der Waals surface area contributed by atoms with Crippen molar-refractivity contribution in [2.75, 3.05) is 5.32 Å². The Bertz CT molecular complexity index is 960. The third-order valence-electron chi connectivity index (χ3n) is 4.29. The molecule has 0 saturated heterocycles. The van der Waals surface area contributed by atoms with Gasteiger partial charge in [0.25, 0.3) is 5.91 Å². The molecule has 1 heterocycles.